The highest BCUT2D eigenvalue weighted by Crippen LogP contribution is 2.28. The lowest BCUT2D eigenvalue weighted by atomic mass is 9.89. The van der Waals surface area contributed by atoms with Crippen molar-refractivity contribution in [1.29, 1.82) is 0 Å². The van der Waals surface area contributed by atoms with Crippen molar-refractivity contribution in [3.8, 4) is 0 Å². The lowest BCUT2D eigenvalue weighted by molar-refractivity contribution is 0.0583. The Bertz CT molecular complexity index is 1100. The fourth-order valence-electron chi connectivity index (χ4n) is 4.36. The molecule has 4 rings (SSSR count). The molecule has 3 aromatic carbocycles. The van der Waals surface area contributed by atoms with Crippen molar-refractivity contribution in [1.82, 2.24) is 4.90 Å². The molecule has 3 N–H and O–H groups in total. The van der Waals surface area contributed by atoms with Crippen LogP contribution in [0.25, 0.3) is 0 Å². The van der Waals surface area contributed by atoms with Crippen LogP contribution in [0.4, 0.5) is 5.69 Å². The van der Waals surface area contributed by atoms with Gasteiger partial charge in [0.1, 0.15) is 0 Å². The van der Waals surface area contributed by atoms with Crippen molar-refractivity contribution in [2.75, 3.05) is 5.32 Å². The lowest BCUT2D eigenvalue weighted by Gasteiger charge is -2.38. The zero-order valence-corrected chi connectivity index (χ0v) is 19.2. The van der Waals surface area contributed by atoms with E-state index in [2.05, 4.69) is 5.32 Å². The maximum Gasteiger partial charge on any atom is 0.255 e. The number of carbonyl (C=O) groups is 2. The molecule has 1 aliphatic rings. The molecule has 2 unspecified atom stereocenters. The Morgan fingerprint density at radius 3 is 2.21 bits per heavy atom. The van der Waals surface area contributed by atoms with Crippen LogP contribution in [0.1, 0.15) is 52.0 Å². The Kier molecular flexibility index (Phi) is 7.43. The van der Waals surface area contributed by atoms with E-state index in [4.69, 9.17) is 17.3 Å². The van der Waals surface area contributed by atoms with Crippen molar-refractivity contribution < 1.29 is 9.59 Å². The molecule has 170 valence electrons. The highest BCUT2D eigenvalue weighted by molar-refractivity contribution is 6.31. The molecule has 0 bridgehead atoms. The summed E-state index contributed by atoms with van der Waals surface area (Å²) in [6, 6.07) is 23.5. The van der Waals surface area contributed by atoms with E-state index in [9.17, 15) is 9.59 Å². The van der Waals surface area contributed by atoms with E-state index in [0.29, 0.717) is 28.4 Å². The summed E-state index contributed by atoms with van der Waals surface area (Å²) in [6.45, 7) is 0.319. The molecule has 6 heteroatoms. The van der Waals surface area contributed by atoms with Crippen molar-refractivity contribution in [3.05, 3.63) is 101 Å². The van der Waals surface area contributed by atoms with Gasteiger partial charge < -0.3 is 16.0 Å². The monoisotopic (exact) mass is 461 g/mol. The number of nitrogens with zero attached hydrogens (tertiary/aromatic N) is 1. The molecule has 2 amide bonds. The van der Waals surface area contributed by atoms with Gasteiger partial charge in [0.15, 0.2) is 0 Å². The van der Waals surface area contributed by atoms with E-state index >= 15 is 0 Å². The number of nitrogens with one attached hydrogen (secondary N) is 1. The molecule has 2 atom stereocenters. The second-order valence-corrected chi connectivity index (χ2v) is 8.85. The molecule has 1 fully saturated rings. The largest absolute Gasteiger partial charge is 0.330 e. The topological polar surface area (TPSA) is 75.4 Å². The van der Waals surface area contributed by atoms with Gasteiger partial charge in [-0.05, 0) is 60.9 Å². The van der Waals surface area contributed by atoms with Gasteiger partial charge in [-0.15, -0.1) is 0 Å². The van der Waals surface area contributed by atoms with Crippen LogP contribution >= 0.6 is 11.6 Å². The van der Waals surface area contributed by atoms with E-state index in [0.717, 1.165) is 31.2 Å². The molecule has 0 heterocycles. The average molecular weight is 462 g/mol. The Labute approximate surface area is 199 Å². The fraction of sp³-hybridized carbons (Fsp3) is 0.259. The third kappa shape index (κ3) is 5.62. The van der Waals surface area contributed by atoms with Crippen LogP contribution in [0.3, 0.4) is 0 Å². The summed E-state index contributed by atoms with van der Waals surface area (Å²) < 4.78 is 0. The minimum atomic E-state index is -0.199. The molecule has 1 saturated carbocycles. The fourth-order valence-corrected chi connectivity index (χ4v) is 4.54. The van der Waals surface area contributed by atoms with Crippen molar-refractivity contribution in [3.63, 3.8) is 0 Å². The van der Waals surface area contributed by atoms with Gasteiger partial charge in [-0.1, -0.05) is 60.8 Å². The highest BCUT2D eigenvalue weighted by atomic mass is 35.5. The van der Waals surface area contributed by atoms with Gasteiger partial charge in [0.2, 0.25) is 0 Å². The van der Waals surface area contributed by atoms with E-state index in [-0.39, 0.29) is 23.9 Å². The van der Waals surface area contributed by atoms with Gasteiger partial charge in [0, 0.05) is 40.5 Å². The zero-order chi connectivity index (χ0) is 23.2. The van der Waals surface area contributed by atoms with Crippen LogP contribution in [0.5, 0.6) is 0 Å². The summed E-state index contributed by atoms with van der Waals surface area (Å²) >= 11 is 6.54. The van der Waals surface area contributed by atoms with Crippen LogP contribution in [-0.4, -0.2) is 28.8 Å². The number of benzene rings is 3. The summed E-state index contributed by atoms with van der Waals surface area (Å²) in [5, 5.41) is 3.47. The molecule has 33 heavy (non-hydrogen) atoms. The molecule has 5 nitrogen and oxygen atoms in total. The average Bonchev–Trinajstić information content (AvgIpc) is 2.85. The van der Waals surface area contributed by atoms with Crippen LogP contribution in [0, 0.1) is 0 Å². The zero-order valence-electron chi connectivity index (χ0n) is 18.4. The molecule has 0 spiro atoms. The number of hydrogen-bond donors (Lipinski definition) is 2. The van der Waals surface area contributed by atoms with Crippen LogP contribution in [0.2, 0.25) is 5.02 Å². The Morgan fingerprint density at radius 2 is 1.55 bits per heavy atom. The van der Waals surface area contributed by atoms with Gasteiger partial charge in [-0.2, -0.15) is 0 Å². The van der Waals surface area contributed by atoms with Crippen molar-refractivity contribution >= 4 is 29.1 Å². The number of hydrogen-bond acceptors (Lipinski definition) is 3. The minimum absolute atomic E-state index is 0.0623. The summed E-state index contributed by atoms with van der Waals surface area (Å²) in [4.78, 5) is 28.0. The first kappa shape index (κ1) is 23.0. The van der Waals surface area contributed by atoms with Crippen LogP contribution in [0.15, 0.2) is 78.9 Å². The molecule has 3 aromatic rings. The smallest absolute Gasteiger partial charge is 0.255 e. The summed E-state index contributed by atoms with van der Waals surface area (Å²) in [6.07, 6.45) is 3.87. The van der Waals surface area contributed by atoms with E-state index in [1.54, 1.807) is 24.3 Å². The Balaban J connectivity index is 1.60. The molecular formula is C27H28ClN3O2. The SMILES string of the molecule is NC1CCCCC1N(Cc1cc(NC(=O)c2ccccc2)ccc1Cl)C(=O)c1ccccc1. The lowest BCUT2D eigenvalue weighted by Crippen LogP contribution is -2.51. The first-order chi connectivity index (χ1) is 16.0. The number of halogens is 1. The number of amides is 2. The number of anilines is 1. The maximum atomic E-state index is 13.5. The van der Waals surface area contributed by atoms with Crippen LogP contribution < -0.4 is 11.1 Å². The Hall–Kier alpha value is -3.15. The molecule has 0 aliphatic heterocycles. The normalized spacial score (nSPS) is 17.9. The third-order valence-corrected chi connectivity index (χ3v) is 6.51. The number of rotatable bonds is 6. The Morgan fingerprint density at radius 1 is 0.909 bits per heavy atom. The number of carbonyl (C=O) groups excluding carboxylic acids is 2. The predicted molar refractivity (Wildman–Crippen MR) is 132 cm³/mol. The molecular weight excluding hydrogens is 434 g/mol. The van der Waals surface area contributed by atoms with Crippen LogP contribution in [-0.2, 0) is 6.54 Å². The highest BCUT2D eigenvalue weighted by Gasteiger charge is 2.32. The first-order valence-electron chi connectivity index (χ1n) is 11.3. The second kappa shape index (κ2) is 10.6. The quantitative estimate of drug-likeness (QED) is 0.508. The molecule has 0 saturated heterocycles. The standard InChI is InChI=1S/C27H28ClN3O2/c28-23-16-15-22(30-26(32)19-9-3-1-4-10-19)17-21(23)18-31(25-14-8-7-13-24(25)29)27(33)20-11-5-2-6-12-20/h1-6,9-12,15-17,24-25H,7-8,13-14,18,29H2,(H,30,32). The third-order valence-electron chi connectivity index (χ3n) is 6.14. The van der Waals surface area contributed by atoms with Gasteiger partial charge >= 0.3 is 0 Å². The van der Waals surface area contributed by atoms with E-state index in [1.807, 2.05) is 59.5 Å². The van der Waals surface area contributed by atoms with E-state index < -0.39 is 0 Å². The minimum Gasteiger partial charge on any atom is -0.330 e. The van der Waals surface area contributed by atoms with Crippen molar-refractivity contribution in [2.24, 2.45) is 5.73 Å². The molecule has 0 aromatic heterocycles. The van der Waals surface area contributed by atoms with E-state index in [1.165, 1.54) is 0 Å². The first-order valence-corrected chi connectivity index (χ1v) is 11.7. The van der Waals surface area contributed by atoms with Gasteiger partial charge in [-0.3, -0.25) is 9.59 Å². The van der Waals surface area contributed by atoms with Crippen molar-refractivity contribution in [2.45, 2.75) is 44.3 Å². The summed E-state index contributed by atoms with van der Waals surface area (Å²) in [5.41, 5.74) is 9.06. The predicted octanol–water partition coefficient (Wildman–Crippen LogP) is 5.50. The van der Waals surface area contributed by atoms with Gasteiger partial charge in [0.25, 0.3) is 11.8 Å². The van der Waals surface area contributed by atoms with Gasteiger partial charge in [-0.25, -0.2) is 0 Å². The maximum absolute atomic E-state index is 13.5. The van der Waals surface area contributed by atoms with Gasteiger partial charge in [0.05, 0.1) is 0 Å². The number of nitrogens with two attached hydrogens (primary N) is 1. The summed E-state index contributed by atoms with van der Waals surface area (Å²) in [7, 11) is 0. The summed E-state index contributed by atoms with van der Waals surface area (Å²) in [5.74, 6) is -0.261. The molecule has 0 radical (unpaired) electrons. The second-order valence-electron chi connectivity index (χ2n) is 8.44. The molecule has 1 aliphatic carbocycles.